The Morgan fingerprint density at radius 2 is 1.47 bits per heavy atom. The molecule has 19 heavy (non-hydrogen) atoms. The summed E-state index contributed by atoms with van der Waals surface area (Å²) >= 11 is 0. The average molecular weight is 271 g/mol. The van der Waals surface area contributed by atoms with Crippen molar-refractivity contribution in [2.24, 2.45) is 16.6 Å². The SMILES string of the molecule is CCCCCC(C)(C)CNCCCC(C)(C)CCN. The lowest BCUT2D eigenvalue weighted by Crippen LogP contribution is -2.30. The monoisotopic (exact) mass is 270 g/mol. The van der Waals surface area contributed by atoms with Crippen LogP contribution >= 0.6 is 0 Å². The van der Waals surface area contributed by atoms with Gasteiger partial charge < -0.3 is 11.1 Å². The number of rotatable bonds is 12. The van der Waals surface area contributed by atoms with Gasteiger partial charge in [-0.25, -0.2) is 0 Å². The molecular formula is C17H38N2. The second-order valence-electron chi connectivity index (χ2n) is 7.60. The Morgan fingerprint density at radius 1 is 0.842 bits per heavy atom. The molecule has 0 radical (unpaired) electrons. The molecule has 0 fully saturated rings. The molecule has 3 N–H and O–H groups in total. The summed E-state index contributed by atoms with van der Waals surface area (Å²) in [4.78, 5) is 0. The molecule has 0 aliphatic carbocycles. The summed E-state index contributed by atoms with van der Waals surface area (Å²) in [6, 6.07) is 0. The van der Waals surface area contributed by atoms with E-state index in [1.165, 1.54) is 38.5 Å². The van der Waals surface area contributed by atoms with Crippen LogP contribution in [0.3, 0.4) is 0 Å². The van der Waals surface area contributed by atoms with Crippen molar-refractivity contribution in [3.05, 3.63) is 0 Å². The van der Waals surface area contributed by atoms with E-state index in [-0.39, 0.29) is 0 Å². The Labute approximate surface area is 121 Å². The van der Waals surface area contributed by atoms with E-state index in [1.807, 2.05) is 0 Å². The lowest BCUT2D eigenvalue weighted by atomic mass is 9.84. The van der Waals surface area contributed by atoms with E-state index in [9.17, 15) is 0 Å². The minimum Gasteiger partial charge on any atom is -0.330 e. The average Bonchev–Trinajstić information content (AvgIpc) is 2.28. The molecule has 0 saturated carbocycles. The molecule has 0 aromatic rings. The predicted molar refractivity (Wildman–Crippen MR) is 87.5 cm³/mol. The van der Waals surface area contributed by atoms with Crippen LogP contribution in [-0.4, -0.2) is 19.6 Å². The molecule has 0 aliphatic heterocycles. The van der Waals surface area contributed by atoms with Crippen LogP contribution in [0.2, 0.25) is 0 Å². The van der Waals surface area contributed by atoms with Gasteiger partial charge in [-0.3, -0.25) is 0 Å². The van der Waals surface area contributed by atoms with E-state index < -0.39 is 0 Å². The third-order valence-electron chi connectivity index (χ3n) is 4.09. The van der Waals surface area contributed by atoms with Crippen LogP contribution < -0.4 is 11.1 Å². The Bertz CT molecular complexity index is 209. The van der Waals surface area contributed by atoms with Crippen LogP contribution in [0.25, 0.3) is 0 Å². The fourth-order valence-corrected chi connectivity index (χ4v) is 2.58. The number of unbranched alkanes of at least 4 members (excludes halogenated alkanes) is 2. The zero-order valence-corrected chi connectivity index (χ0v) is 14.1. The van der Waals surface area contributed by atoms with E-state index in [0.29, 0.717) is 10.8 Å². The summed E-state index contributed by atoms with van der Waals surface area (Å²) in [5.41, 5.74) is 6.50. The van der Waals surface area contributed by atoms with Gasteiger partial charge in [0.05, 0.1) is 0 Å². The van der Waals surface area contributed by atoms with Crippen molar-refractivity contribution in [3.63, 3.8) is 0 Å². The summed E-state index contributed by atoms with van der Waals surface area (Å²) in [5, 5.41) is 3.64. The van der Waals surface area contributed by atoms with E-state index in [2.05, 4.69) is 39.9 Å². The molecule has 116 valence electrons. The van der Waals surface area contributed by atoms with Crippen LogP contribution in [-0.2, 0) is 0 Å². The second kappa shape index (κ2) is 9.77. The first-order chi connectivity index (χ1) is 8.83. The normalized spacial score (nSPS) is 12.9. The molecule has 0 bridgehead atoms. The second-order valence-corrected chi connectivity index (χ2v) is 7.60. The molecule has 0 amide bonds. The highest BCUT2D eigenvalue weighted by Crippen LogP contribution is 2.26. The van der Waals surface area contributed by atoms with Gasteiger partial charge in [0.25, 0.3) is 0 Å². The molecule has 0 spiro atoms. The van der Waals surface area contributed by atoms with Gasteiger partial charge in [0.2, 0.25) is 0 Å². The van der Waals surface area contributed by atoms with Crippen molar-refractivity contribution in [2.75, 3.05) is 19.6 Å². The quantitative estimate of drug-likeness (QED) is 0.518. The van der Waals surface area contributed by atoms with Crippen LogP contribution in [0.4, 0.5) is 0 Å². The first kappa shape index (κ1) is 18.9. The zero-order valence-electron chi connectivity index (χ0n) is 14.1. The highest BCUT2D eigenvalue weighted by Gasteiger charge is 2.18. The molecule has 0 atom stereocenters. The van der Waals surface area contributed by atoms with Gasteiger partial charge >= 0.3 is 0 Å². The van der Waals surface area contributed by atoms with Crippen molar-refractivity contribution in [3.8, 4) is 0 Å². The van der Waals surface area contributed by atoms with Gasteiger partial charge in [0.1, 0.15) is 0 Å². The van der Waals surface area contributed by atoms with Crippen LogP contribution in [0.15, 0.2) is 0 Å². The zero-order chi connectivity index (χ0) is 14.8. The lowest BCUT2D eigenvalue weighted by Gasteiger charge is -2.26. The van der Waals surface area contributed by atoms with E-state index in [0.717, 1.165) is 26.1 Å². The summed E-state index contributed by atoms with van der Waals surface area (Å²) in [7, 11) is 0. The molecule has 2 heteroatoms. The van der Waals surface area contributed by atoms with E-state index in [4.69, 9.17) is 5.73 Å². The Balaban J connectivity index is 3.62. The molecule has 2 nitrogen and oxygen atoms in total. The number of nitrogens with one attached hydrogen (secondary N) is 1. The maximum atomic E-state index is 5.64. The molecule has 0 rings (SSSR count). The molecule has 0 aliphatic rings. The maximum Gasteiger partial charge on any atom is 0.000252 e. The van der Waals surface area contributed by atoms with Crippen LogP contribution in [0.1, 0.15) is 79.6 Å². The maximum absolute atomic E-state index is 5.64. The minimum atomic E-state index is 0.410. The van der Waals surface area contributed by atoms with E-state index in [1.54, 1.807) is 0 Å². The first-order valence-electron chi connectivity index (χ1n) is 8.24. The Kier molecular flexibility index (Phi) is 9.72. The van der Waals surface area contributed by atoms with Crippen molar-refractivity contribution >= 4 is 0 Å². The van der Waals surface area contributed by atoms with Crippen LogP contribution in [0, 0.1) is 10.8 Å². The molecule has 0 aromatic carbocycles. The number of nitrogens with two attached hydrogens (primary N) is 1. The van der Waals surface area contributed by atoms with Crippen molar-refractivity contribution in [2.45, 2.75) is 79.6 Å². The van der Waals surface area contributed by atoms with Crippen molar-refractivity contribution in [1.29, 1.82) is 0 Å². The third kappa shape index (κ3) is 11.4. The fourth-order valence-electron chi connectivity index (χ4n) is 2.58. The number of hydrogen-bond acceptors (Lipinski definition) is 2. The van der Waals surface area contributed by atoms with Crippen molar-refractivity contribution < 1.29 is 0 Å². The Hall–Kier alpha value is -0.0800. The smallest absolute Gasteiger partial charge is 0.000252 e. The van der Waals surface area contributed by atoms with Gasteiger partial charge in [0.15, 0.2) is 0 Å². The van der Waals surface area contributed by atoms with Gasteiger partial charge in [-0.15, -0.1) is 0 Å². The highest BCUT2D eigenvalue weighted by atomic mass is 14.9. The van der Waals surface area contributed by atoms with Crippen LogP contribution in [0.5, 0.6) is 0 Å². The van der Waals surface area contributed by atoms with Gasteiger partial charge in [0, 0.05) is 6.54 Å². The molecule has 0 aromatic heterocycles. The molecule has 0 unspecified atom stereocenters. The molecule has 0 heterocycles. The Morgan fingerprint density at radius 3 is 2.05 bits per heavy atom. The fraction of sp³-hybridized carbons (Fsp3) is 1.00. The highest BCUT2D eigenvalue weighted by molar-refractivity contribution is 4.73. The summed E-state index contributed by atoms with van der Waals surface area (Å²) in [6.07, 6.45) is 9.07. The molecule has 0 saturated heterocycles. The summed E-state index contributed by atoms with van der Waals surface area (Å²) in [6.45, 7) is 14.8. The van der Waals surface area contributed by atoms with E-state index >= 15 is 0 Å². The number of hydrogen-bond donors (Lipinski definition) is 2. The minimum absolute atomic E-state index is 0.410. The third-order valence-corrected chi connectivity index (χ3v) is 4.09. The van der Waals surface area contributed by atoms with Gasteiger partial charge in [-0.2, -0.15) is 0 Å². The van der Waals surface area contributed by atoms with Gasteiger partial charge in [-0.1, -0.05) is 53.9 Å². The molecular weight excluding hydrogens is 232 g/mol. The topological polar surface area (TPSA) is 38.0 Å². The van der Waals surface area contributed by atoms with Gasteiger partial charge in [-0.05, 0) is 49.6 Å². The predicted octanol–water partition coefficient (Wildman–Crippen LogP) is 4.34. The summed E-state index contributed by atoms with van der Waals surface area (Å²) < 4.78 is 0. The largest absolute Gasteiger partial charge is 0.330 e. The standard InChI is InChI=1S/C17H38N2/c1-6-7-8-10-17(4,5)15-19-14-9-11-16(2,3)12-13-18/h19H,6-15,18H2,1-5H3. The summed E-state index contributed by atoms with van der Waals surface area (Å²) in [5.74, 6) is 0. The first-order valence-corrected chi connectivity index (χ1v) is 8.24. The van der Waals surface area contributed by atoms with Crippen molar-refractivity contribution in [1.82, 2.24) is 5.32 Å². The lowest BCUT2D eigenvalue weighted by molar-refractivity contribution is 0.281.